The van der Waals surface area contributed by atoms with Crippen LogP contribution in [-0.2, 0) is 16.2 Å². The molecular formula is C26H21ClN2O4. The molecule has 0 radical (unpaired) electrons. The Labute approximate surface area is 196 Å². The summed E-state index contributed by atoms with van der Waals surface area (Å²) >= 11 is 5.93. The van der Waals surface area contributed by atoms with Gasteiger partial charge in [0.15, 0.2) is 0 Å². The predicted octanol–water partition coefficient (Wildman–Crippen LogP) is 5.20. The van der Waals surface area contributed by atoms with Crippen LogP contribution in [0.2, 0.25) is 5.02 Å². The highest BCUT2D eigenvalue weighted by Gasteiger charge is 2.37. The number of rotatable bonds is 5. The van der Waals surface area contributed by atoms with E-state index in [0.717, 1.165) is 21.6 Å². The fourth-order valence-corrected chi connectivity index (χ4v) is 3.61. The number of aryl methyl sites for hydroxylation is 1. The number of hydrogen-bond acceptors (Lipinski definition) is 4. The second kappa shape index (κ2) is 9.30. The molecule has 3 aromatic rings. The number of anilines is 1. The molecule has 166 valence electrons. The molecule has 0 saturated carbocycles. The smallest absolute Gasteiger partial charge is 0.335 e. The lowest BCUT2D eigenvalue weighted by atomic mass is 10.0. The molecule has 7 heteroatoms. The molecular weight excluding hydrogens is 440 g/mol. The van der Waals surface area contributed by atoms with Gasteiger partial charge in [0.25, 0.3) is 11.8 Å². The summed E-state index contributed by atoms with van der Waals surface area (Å²) in [5, 5.41) is 2.90. The summed E-state index contributed by atoms with van der Waals surface area (Å²) in [7, 11) is 0. The van der Waals surface area contributed by atoms with Crippen molar-refractivity contribution in [1.29, 1.82) is 0 Å². The molecule has 6 nitrogen and oxygen atoms in total. The monoisotopic (exact) mass is 460 g/mol. The first-order valence-corrected chi connectivity index (χ1v) is 10.7. The van der Waals surface area contributed by atoms with Crippen molar-refractivity contribution in [2.45, 2.75) is 20.5 Å². The van der Waals surface area contributed by atoms with Gasteiger partial charge in [0.2, 0.25) is 0 Å². The Morgan fingerprint density at radius 1 is 0.939 bits per heavy atom. The maximum absolute atomic E-state index is 13.3. The van der Waals surface area contributed by atoms with E-state index in [4.69, 9.17) is 16.3 Å². The number of hydrogen-bond donors (Lipinski definition) is 1. The average molecular weight is 461 g/mol. The zero-order chi connectivity index (χ0) is 23.5. The van der Waals surface area contributed by atoms with Crippen LogP contribution in [0.4, 0.5) is 10.5 Å². The van der Waals surface area contributed by atoms with E-state index in [-0.39, 0.29) is 12.2 Å². The van der Waals surface area contributed by atoms with Gasteiger partial charge in [-0.3, -0.25) is 14.9 Å². The van der Waals surface area contributed by atoms with Crippen LogP contribution in [-0.4, -0.2) is 17.8 Å². The molecule has 1 fully saturated rings. The topological polar surface area (TPSA) is 75.7 Å². The summed E-state index contributed by atoms with van der Waals surface area (Å²) in [6, 6.07) is 18.9. The van der Waals surface area contributed by atoms with Gasteiger partial charge in [0, 0.05) is 10.6 Å². The van der Waals surface area contributed by atoms with E-state index in [1.165, 1.54) is 6.08 Å². The average Bonchev–Trinajstić information content (AvgIpc) is 2.79. The summed E-state index contributed by atoms with van der Waals surface area (Å²) in [5.74, 6) is -0.945. The lowest BCUT2D eigenvalue weighted by molar-refractivity contribution is -0.122. The molecule has 3 aromatic carbocycles. The summed E-state index contributed by atoms with van der Waals surface area (Å²) in [6.45, 7) is 4.00. The van der Waals surface area contributed by atoms with E-state index in [1.807, 2.05) is 32.0 Å². The first kappa shape index (κ1) is 22.3. The van der Waals surface area contributed by atoms with Gasteiger partial charge in [-0.2, -0.15) is 0 Å². The van der Waals surface area contributed by atoms with Crippen molar-refractivity contribution in [2.24, 2.45) is 0 Å². The van der Waals surface area contributed by atoms with Crippen LogP contribution in [0.5, 0.6) is 5.75 Å². The van der Waals surface area contributed by atoms with Gasteiger partial charge in [0.1, 0.15) is 17.9 Å². The van der Waals surface area contributed by atoms with Crippen molar-refractivity contribution >= 4 is 41.2 Å². The summed E-state index contributed by atoms with van der Waals surface area (Å²) < 4.78 is 5.93. The quantitative estimate of drug-likeness (QED) is 0.419. The molecule has 0 unspecified atom stereocenters. The Morgan fingerprint density at radius 2 is 1.67 bits per heavy atom. The second-order valence-corrected chi connectivity index (χ2v) is 8.07. The third kappa shape index (κ3) is 4.66. The Morgan fingerprint density at radius 3 is 2.42 bits per heavy atom. The lowest BCUT2D eigenvalue weighted by Gasteiger charge is -2.28. The number of imide groups is 2. The molecule has 0 atom stereocenters. The molecule has 1 heterocycles. The number of halogens is 1. The Hall–Kier alpha value is -3.90. The largest absolute Gasteiger partial charge is 0.488 e. The predicted molar refractivity (Wildman–Crippen MR) is 127 cm³/mol. The fraction of sp³-hybridized carbons (Fsp3) is 0.115. The van der Waals surface area contributed by atoms with E-state index in [9.17, 15) is 14.4 Å². The van der Waals surface area contributed by atoms with Gasteiger partial charge < -0.3 is 4.74 Å². The highest BCUT2D eigenvalue weighted by atomic mass is 35.5. The minimum Gasteiger partial charge on any atom is -0.488 e. The van der Waals surface area contributed by atoms with Gasteiger partial charge in [-0.15, -0.1) is 0 Å². The number of carbonyl (C=O) groups excluding carboxylic acids is 3. The van der Waals surface area contributed by atoms with Crippen molar-refractivity contribution in [3.63, 3.8) is 0 Å². The third-order valence-corrected chi connectivity index (χ3v) is 5.70. The number of carbonyl (C=O) groups is 3. The zero-order valence-corrected chi connectivity index (χ0v) is 18.8. The van der Waals surface area contributed by atoms with E-state index >= 15 is 0 Å². The molecule has 4 amide bonds. The van der Waals surface area contributed by atoms with Crippen LogP contribution in [0.3, 0.4) is 0 Å². The molecule has 0 aliphatic carbocycles. The molecule has 33 heavy (non-hydrogen) atoms. The highest BCUT2D eigenvalue weighted by Crippen LogP contribution is 2.28. The minimum absolute atomic E-state index is 0.155. The second-order valence-electron chi connectivity index (χ2n) is 7.63. The Balaban J connectivity index is 1.66. The van der Waals surface area contributed by atoms with Crippen LogP contribution in [0.1, 0.15) is 22.3 Å². The van der Waals surface area contributed by atoms with Crippen LogP contribution < -0.4 is 15.0 Å². The number of nitrogens with one attached hydrogen (secondary N) is 1. The number of benzene rings is 3. The SMILES string of the molecule is Cc1cccc(N2C(=O)NC(=O)/C(=C\c3ccccc3OCc3ccc(Cl)cc3)C2=O)c1C. The zero-order valence-electron chi connectivity index (χ0n) is 18.1. The standard InChI is InChI=1S/C26H21ClN2O4/c1-16-6-5-8-22(17(16)2)29-25(31)21(24(30)28-26(29)32)14-19-7-3-4-9-23(19)33-15-18-10-12-20(27)13-11-18/h3-14H,15H2,1-2H3,(H,28,30,32)/b21-14+. The molecule has 1 aliphatic rings. The minimum atomic E-state index is -0.775. The van der Waals surface area contributed by atoms with E-state index in [2.05, 4.69) is 5.32 Å². The maximum Gasteiger partial charge on any atom is 0.335 e. The molecule has 1 saturated heterocycles. The van der Waals surface area contributed by atoms with E-state index < -0.39 is 17.8 Å². The number of nitrogens with zero attached hydrogens (tertiary/aromatic N) is 1. The van der Waals surface area contributed by atoms with Crippen molar-refractivity contribution in [3.05, 3.63) is 99.6 Å². The van der Waals surface area contributed by atoms with E-state index in [1.54, 1.807) is 48.5 Å². The number of amides is 4. The lowest BCUT2D eigenvalue weighted by Crippen LogP contribution is -2.54. The number of para-hydroxylation sites is 1. The first-order valence-electron chi connectivity index (χ1n) is 10.3. The maximum atomic E-state index is 13.3. The van der Waals surface area contributed by atoms with Crippen molar-refractivity contribution < 1.29 is 19.1 Å². The van der Waals surface area contributed by atoms with Crippen molar-refractivity contribution in [1.82, 2.24) is 5.32 Å². The molecule has 0 spiro atoms. The van der Waals surface area contributed by atoms with Crippen molar-refractivity contribution in [3.8, 4) is 5.75 Å². The van der Waals surface area contributed by atoms with Crippen LogP contribution in [0, 0.1) is 13.8 Å². The van der Waals surface area contributed by atoms with Crippen LogP contribution >= 0.6 is 11.6 Å². The molecule has 1 aliphatic heterocycles. The Bertz CT molecular complexity index is 1280. The summed E-state index contributed by atoms with van der Waals surface area (Å²) in [5.41, 5.74) is 3.44. The van der Waals surface area contributed by atoms with Gasteiger partial charge in [-0.25, -0.2) is 9.69 Å². The van der Waals surface area contributed by atoms with Gasteiger partial charge in [-0.05, 0) is 60.9 Å². The van der Waals surface area contributed by atoms with Gasteiger partial charge in [-0.1, -0.05) is 54.1 Å². The summed E-state index contributed by atoms with van der Waals surface area (Å²) in [6.07, 6.45) is 1.44. The Kier molecular flexibility index (Phi) is 6.29. The highest BCUT2D eigenvalue weighted by molar-refractivity contribution is 6.39. The fourth-order valence-electron chi connectivity index (χ4n) is 3.48. The van der Waals surface area contributed by atoms with Crippen LogP contribution in [0.15, 0.2) is 72.3 Å². The molecule has 4 rings (SSSR count). The number of urea groups is 1. The number of barbiturate groups is 1. The number of ether oxygens (including phenoxy) is 1. The molecule has 0 aromatic heterocycles. The van der Waals surface area contributed by atoms with Crippen molar-refractivity contribution in [2.75, 3.05) is 4.90 Å². The van der Waals surface area contributed by atoms with Gasteiger partial charge >= 0.3 is 6.03 Å². The van der Waals surface area contributed by atoms with Gasteiger partial charge in [0.05, 0.1) is 5.69 Å². The third-order valence-electron chi connectivity index (χ3n) is 5.45. The molecule has 1 N–H and O–H groups in total. The molecule has 0 bridgehead atoms. The summed E-state index contributed by atoms with van der Waals surface area (Å²) in [4.78, 5) is 39.4. The normalized spacial score (nSPS) is 15.1. The van der Waals surface area contributed by atoms with E-state index in [0.29, 0.717) is 22.0 Å². The first-order chi connectivity index (χ1) is 15.8. The van der Waals surface area contributed by atoms with Crippen LogP contribution in [0.25, 0.3) is 6.08 Å².